The fourth-order valence-electron chi connectivity index (χ4n) is 2.14. The van der Waals surface area contributed by atoms with Crippen LogP contribution < -0.4 is 10.1 Å². The maximum atomic E-state index is 11.4. The second-order valence-corrected chi connectivity index (χ2v) is 5.14. The molecule has 0 spiro atoms. The minimum absolute atomic E-state index is 0.150. The van der Waals surface area contributed by atoms with Gasteiger partial charge in [0, 0.05) is 5.69 Å². The number of hydrogen-bond acceptors (Lipinski definition) is 3. The first-order valence-corrected chi connectivity index (χ1v) is 7.04. The molecule has 22 heavy (non-hydrogen) atoms. The van der Waals surface area contributed by atoms with Gasteiger partial charge < -0.3 is 10.1 Å². The average Bonchev–Trinajstić information content (AvgIpc) is 2.47. The van der Waals surface area contributed by atoms with Gasteiger partial charge in [0.2, 0.25) is 5.91 Å². The Morgan fingerprint density at radius 2 is 2.05 bits per heavy atom. The van der Waals surface area contributed by atoms with Crippen LogP contribution in [-0.4, -0.2) is 5.91 Å². The minimum atomic E-state index is -0.310. The van der Waals surface area contributed by atoms with Crippen LogP contribution in [0.25, 0.3) is 0 Å². The van der Waals surface area contributed by atoms with Gasteiger partial charge in [-0.1, -0.05) is 29.8 Å². The summed E-state index contributed by atoms with van der Waals surface area (Å²) >= 11 is 0. The van der Waals surface area contributed by atoms with E-state index >= 15 is 0 Å². The van der Waals surface area contributed by atoms with E-state index in [1.807, 2.05) is 50.2 Å². The lowest BCUT2D eigenvalue weighted by Crippen LogP contribution is -2.10. The Labute approximate surface area is 130 Å². The lowest BCUT2D eigenvalue weighted by molar-refractivity contribution is -0.115. The number of nitrogens with one attached hydrogen (secondary N) is 1. The molecule has 1 amide bonds. The number of nitriles is 1. The third-order valence-corrected chi connectivity index (χ3v) is 3.18. The Bertz CT molecular complexity index is 717. The fourth-order valence-corrected chi connectivity index (χ4v) is 2.14. The molecule has 0 bridgehead atoms. The highest BCUT2D eigenvalue weighted by atomic mass is 16.5. The molecule has 0 saturated carbocycles. The number of rotatable bonds is 5. The van der Waals surface area contributed by atoms with E-state index in [-0.39, 0.29) is 12.3 Å². The molecular weight excluding hydrogens is 276 g/mol. The summed E-state index contributed by atoms with van der Waals surface area (Å²) in [6.45, 7) is 4.48. The summed E-state index contributed by atoms with van der Waals surface area (Å²) in [5.74, 6) is 0.541. The van der Waals surface area contributed by atoms with Crippen LogP contribution in [0.1, 0.15) is 23.1 Å². The van der Waals surface area contributed by atoms with Crippen molar-refractivity contribution in [1.29, 1.82) is 5.26 Å². The monoisotopic (exact) mass is 294 g/mol. The molecule has 0 aliphatic carbocycles. The van der Waals surface area contributed by atoms with E-state index in [1.54, 1.807) is 6.07 Å². The molecule has 2 aromatic rings. The number of anilines is 1. The quantitative estimate of drug-likeness (QED) is 0.913. The minimum Gasteiger partial charge on any atom is -0.489 e. The van der Waals surface area contributed by atoms with Crippen LogP contribution in [0.4, 0.5) is 5.69 Å². The molecule has 0 heterocycles. The maximum Gasteiger partial charge on any atom is 0.238 e. The summed E-state index contributed by atoms with van der Waals surface area (Å²) in [5, 5.41) is 11.2. The molecule has 2 aromatic carbocycles. The molecule has 112 valence electrons. The van der Waals surface area contributed by atoms with Crippen LogP contribution in [0.2, 0.25) is 0 Å². The second-order valence-electron chi connectivity index (χ2n) is 5.14. The zero-order valence-electron chi connectivity index (χ0n) is 12.7. The highest BCUT2D eigenvalue weighted by Gasteiger charge is 2.04. The largest absolute Gasteiger partial charge is 0.489 e. The van der Waals surface area contributed by atoms with E-state index in [9.17, 15) is 4.79 Å². The molecule has 0 unspecified atom stereocenters. The molecule has 0 aromatic heterocycles. The summed E-state index contributed by atoms with van der Waals surface area (Å²) in [6.07, 6.45) is -0.150. The first-order chi connectivity index (χ1) is 10.6. The normalized spacial score (nSPS) is 9.86. The van der Waals surface area contributed by atoms with Crippen molar-refractivity contribution in [3.63, 3.8) is 0 Å². The van der Waals surface area contributed by atoms with E-state index < -0.39 is 0 Å². The molecule has 0 aliphatic heterocycles. The summed E-state index contributed by atoms with van der Waals surface area (Å²) in [4.78, 5) is 11.4. The smallest absolute Gasteiger partial charge is 0.238 e. The van der Waals surface area contributed by atoms with Crippen LogP contribution >= 0.6 is 0 Å². The van der Waals surface area contributed by atoms with Gasteiger partial charge in [0.15, 0.2) is 0 Å². The van der Waals surface area contributed by atoms with Crippen LogP contribution in [0.3, 0.4) is 0 Å². The van der Waals surface area contributed by atoms with Crippen LogP contribution in [-0.2, 0) is 11.4 Å². The lowest BCUT2D eigenvalue weighted by atomic mass is 10.1. The van der Waals surface area contributed by atoms with Crippen LogP contribution in [0.15, 0.2) is 42.5 Å². The Morgan fingerprint density at radius 1 is 1.23 bits per heavy atom. The number of carbonyl (C=O) groups is 1. The van der Waals surface area contributed by atoms with Gasteiger partial charge >= 0.3 is 0 Å². The van der Waals surface area contributed by atoms with Gasteiger partial charge in [0.05, 0.1) is 6.07 Å². The van der Waals surface area contributed by atoms with Crippen LogP contribution in [0, 0.1) is 25.2 Å². The zero-order chi connectivity index (χ0) is 15.9. The number of amides is 1. The molecule has 0 atom stereocenters. The van der Waals surface area contributed by atoms with Gasteiger partial charge in [0.1, 0.15) is 18.8 Å². The predicted molar refractivity (Wildman–Crippen MR) is 85.5 cm³/mol. The van der Waals surface area contributed by atoms with Crippen molar-refractivity contribution < 1.29 is 9.53 Å². The number of benzene rings is 2. The number of hydrogen-bond donors (Lipinski definition) is 1. The van der Waals surface area contributed by atoms with Crippen LogP contribution in [0.5, 0.6) is 5.75 Å². The van der Waals surface area contributed by atoms with E-state index in [0.29, 0.717) is 12.3 Å². The maximum absolute atomic E-state index is 11.4. The topological polar surface area (TPSA) is 62.1 Å². The molecule has 0 radical (unpaired) electrons. The Morgan fingerprint density at radius 3 is 2.77 bits per heavy atom. The SMILES string of the molecule is Cc1ccc(OCc2cccc(NC(=O)CC#N)c2)c(C)c1. The zero-order valence-corrected chi connectivity index (χ0v) is 12.7. The number of aryl methyl sites for hydroxylation is 2. The Hall–Kier alpha value is -2.80. The van der Waals surface area contributed by atoms with Gasteiger partial charge in [-0.05, 0) is 43.2 Å². The third-order valence-electron chi connectivity index (χ3n) is 3.18. The Kier molecular flexibility index (Phi) is 5.16. The highest BCUT2D eigenvalue weighted by molar-refractivity contribution is 5.92. The molecule has 4 nitrogen and oxygen atoms in total. The van der Waals surface area contributed by atoms with Gasteiger partial charge in [0.25, 0.3) is 0 Å². The van der Waals surface area contributed by atoms with Gasteiger partial charge in [-0.25, -0.2) is 0 Å². The van der Waals surface area contributed by atoms with E-state index in [1.165, 1.54) is 5.56 Å². The summed E-state index contributed by atoms with van der Waals surface area (Å²) in [6, 6.07) is 15.3. The van der Waals surface area contributed by atoms with Gasteiger partial charge in [-0.15, -0.1) is 0 Å². The van der Waals surface area contributed by atoms with Gasteiger partial charge in [-0.3, -0.25) is 4.79 Å². The third kappa shape index (κ3) is 4.35. The fraction of sp³-hybridized carbons (Fsp3) is 0.222. The number of carbonyl (C=O) groups excluding carboxylic acids is 1. The molecular formula is C18H18N2O2. The first-order valence-electron chi connectivity index (χ1n) is 7.04. The van der Waals surface area contributed by atoms with Crippen molar-refractivity contribution in [3.05, 3.63) is 59.2 Å². The van der Waals surface area contributed by atoms with Crippen molar-refractivity contribution in [1.82, 2.24) is 0 Å². The van der Waals surface area contributed by atoms with Gasteiger partial charge in [-0.2, -0.15) is 5.26 Å². The van der Waals surface area contributed by atoms with E-state index in [2.05, 4.69) is 11.4 Å². The Balaban J connectivity index is 2.01. The summed E-state index contributed by atoms with van der Waals surface area (Å²) < 4.78 is 5.82. The molecule has 1 N–H and O–H groups in total. The van der Waals surface area contributed by atoms with Crippen molar-refractivity contribution >= 4 is 11.6 Å². The molecule has 0 aliphatic rings. The summed E-state index contributed by atoms with van der Waals surface area (Å²) in [5.41, 5.74) is 3.92. The average molecular weight is 294 g/mol. The number of ether oxygens (including phenoxy) is 1. The molecule has 0 fully saturated rings. The van der Waals surface area contributed by atoms with Crippen molar-refractivity contribution in [3.8, 4) is 11.8 Å². The molecule has 4 heteroatoms. The van der Waals surface area contributed by atoms with Crippen molar-refractivity contribution in [2.45, 2.75) is 26.9 Å². The molecule has 0 saturated heterocycles. The first kappa shape index (κ1) is 15.6. The van der Waals surface area contributed by atoms with Crippen molar-refractivity contribution in [2.24, 2.45) is 0 Å². The van der Waals surface area contributed by atoms with E-state index in [4.69, 9.17) is 10.00 Å². The van der Waals surface area contributed by atoms with E-state index in [0.717, 1.165) is 16.9 Å². The highest BCUT2D eigenvalue weighted by Crippen LogP contribution is 2.20. The second kappa shape index (κ2) is 7.28. The summed E-state index contributed by atoms with van der Waals surface area (Å²) in [7, 11) is 0. The predicted octanol–water partition coefficient (Wildman–Crippen LogP) is 3.73. The lowest BCUT2D eigenvalue weighted by Gasteiger charge is -2.11. The standard InChI is InChI=1S/C18H18N2O2/c1-13-6-7-17(14(2)10-13)22-12-15-4-3-5-16(11-15)20-18(21)8-9-19/h3-7,10-11H,8,12H2,1-2H3,(H,20,21). The van der Waals surface area contributed by atoms with Crippen molar-refractivity contribution in [2.75, 3.05) is 5.32 Å². The number of nitrogens with zero attached hydrogens (tertiary/aromatic N) is 1. The molecule has 2 rings (SSSR count).